The van der Waals surface area contributed by atoms with Crippen LogP contribution in [0.1, 0.15) is 5.69 Å². The summed E-state index contributed by atoms with van der Waals surface area (Å²) in [5.74, 6) is -3.65. The average molecular weight is 480 g/mol. The summed E-state index contributed by atoms with van der Waals surface area (Å²) >= 11 is 0.925. The van der Waals surface area contributed by atoms with Gasteiger partial charge in [0.05, 0.1) is 0 Å². The molecule has 0 spiro atoms. The van der Waals surface area contributed by atoms with Crippen LogP contribution in [0.4, 0.5) is 8.78 Å². The van der Waals surface area contributed by atoms with Crippen molar-refractivity contribution in [3.63, 3.8) is 0 Å². The monoisotopic (exact) mass is 480 g/mol. The fourth-order valence-electron chi connectivity index (χ4n) is 1.84. The first-order valence-corrected chi connectivity index (χ1v) is 6.91. The van der Waals surface area contributed by atoms with Gasteiger partial charge in [0.25, 0.3) is 0 Å². The SMILES string of the molecule is COc1c(F)c(F)c([At])c2n[nH]c(CC(N)C(=O)O)c12. The normalized spacial score (nSPS) is 12.7. The van der Waals surface area contributed by atoms with Crippen LogP contribution in [0.25, 0.3) is 10.9 Å². The van der Waals surface area contributed by atoms with E-state index in [2.05, 4.69) is 10.2 Å². The van der Waals surface area contributed by atoms with Crippen molar-refractivity contribution in [2.24, 2.45) is 5.73 Å². The van der Waals surface area contributed by atoms with Crippen molar-refractivity contribution in [2.75, 3.05) is 7.11 Å². The van der Waals surface area contributed by atoms with Crippen LogP contribution in [0.5, 0.6) is 5.75 Å². The van der Waals surface area contributed by atoms with Gasteiger partial charge in [-0.1, -0.05) is 0 Å². The number of aromatic nitrogens is 2. The Balaban J connectivity index is 2.67. The molecular weight excluding hydrogens is 470 g/mol. The topological polar surface area (TPSA) is 101 Å². The molecular formula is C11H10AtF2N3O3. The first-order chi connectivity index (χ1) is 9.38. The Labute approximate surface area is 127 Å². The molecule has 0 aliphatic carbocycles. The Morgan fingerprint density at radius 2 is 2.20 bits per heavy atom. The van der Waals surface area contributed by atoms with E-state index < -0.39 is 23.6 Å². The van der Waals surface area contributed by atoms with Crippen molar-refractivity contribution in [1.29, 1.82) is 0 Å². The maximum atomic E-state index is 13.9. The number of aliphatic carboxylic acids is 1. The van der Waals surface area contributed by atoms with Crippen LogP contribution in [0.3, 0.4) is 0 Å². The fraction of sp³-hybridized carbons (Fsp3) is 0.273. The zero-order valence-electron chi connectivity index (χ0n) is 10.2. The minimum atomic E-state index is -1.20. The number of nitrogens with two attached hydrogens (primary N) is 1. The van der Waals surface area contributed by atoms with E-state index in [-0.39, 0.29) is 26.3 Å². The second-order valence-electron chi connectivity index (χ2n) is 4.05. The number of H-pyrrole nitrogens is 1. The summed E-state index contributed by atoms with van der Waals surface area (Å²) in [6.45, 7) is 0. The summed E-state index contributed by atoms with van der Waals surface area (Å²) in [4.78, 5) is 10.8. The number of hydrogen-bond acceptors (Lipinski definition) is 4. The third-order valence-corrected chi connectivity index (χ3v) is 4.15. The quantitative estimate of drug-likeness (QED) is 0.572. The summed E-state index contributed by atoms with van der Waals surface area (Å²) in [6, 6.07) is -1.18. The van der Waals surface area contributed by atoms with Gasteiger partial charge < -0.3 is 0 Å². The molecule has 0 saturated carbocycles. The fourth-order valence-corrected chi connectivity index (χ4v) is 2.69. The Bertz CT molecular complexity index is 689. The number of nitrogens with one attached hydrogen (secondary N) is 1. The number of fused-ring (bicyclic) bond motifs is 1. The number of ether oxygens (including phenoxy) is 1. The number of rotatable bonds is 4. The zero-order chi connectivity index (χ0) is 15.0. The molecule has 0 amide bonds. The molecule has 0 saturated heterocycles. The van der Waals surface area contributed by atoms with Crippen LogP contribution in [0, 0.1) is 36.4 Å². The van der Waals surface area contributed by atoms with Gasteiger partial charge in [0, 0.05) is 0 Å². The number of carboxylic acids is 1. The minimum absolute atomic E-state index is 0.0738. The van der Waals surface area contributed by atoms with Crippen molar-refractivity contribution in [3.8, 4) is 5.75 Å². The van der Waals surface area contributed by atoms with E-state index in [9.17, 15) is 13.6 Å². The number of nitrogens with zero attached hydrogens (tertiary/aromatic N) is 1. The number of methoxy groups -OCH3 is 1. The zero-order valence-corrected chi connectivity index (χ0v) is 13.1. The molecule has 1 aromatic heterocycles. The van der Waals surface area contributed by atoms with E-state index in [0.29, 0.717) is 5.69 Å². The van der Waals surface area contributed by atoms with E-state index >= 15 is 0 Å². The van der Waals surface area contributed by atoms with Gasteiger partial charge in [0.1, 0.15) is 0 Å². The number of benzene rings is 1. The molecule has 9 heteroatoms. The molecule has 1 heterocycles. The molecule has 0 aliphatic rings. The molecule has 6 nitrogen and oxygen atoms in total. The van der Waals surface area contributed by atoms with Crippen LogP contribution in [-0.4, -0.2) is 34.4 Å². The van der Waals surface area contributed by atoms with E-state index in [0.717, 1.165) is 24.7 Å². The molecule has 0 radical (unpaired) electrons. The Hall–Kier alpha value is -1.34. The molecule has 1 atom stereocenters. The van der Waals surface area contributed by atoms with Crippen LogP contribution < -0.4 is 13.7 Å². The van der Waals surface area contributed by atoms with Gasteiger partial charge >= 0.3 is 127 Å². The first kappa shape index (κ1) is 15.1. The number of carboxylic acid groups (broad SMARTS) is 1. The maximum absolute atomic E-state index is 13.9. The number of carbonyl (C=O) groups is 1. The van der Waals surface area contributed by atoms with E-state index in [4.69, 9.17) is 15.6 Å². The number of halogens is 2. The van der Waals surface area contributed by atoms with Crippen LogP contribution in [0.15, 0.2) is 0 Å². The van der Waals surface area contributed by atoms with Crippen molar-refractivity contribution in [1.82, 2.24) is 10.2 Å². The van der Waals surface area contributed by atoms with Crippen LogP contribution >= 0.6 is 0 Å². The summed E-state index contributed by atoms with van der Waals surface area (Å²) in [5.41, 5.74) is 5.95. The average Bonchev–Trinajstić information content (AvgIpc) is 2.81. The van der Waals surface area contributed by atoms with E-state index in [1.165, 1.54) is 7.11 Å². The summed E-state index contributed by atoms with van der Waals surface area (Å²) < 4.78 is 32.5. The standard InChI is InChI=1S/C11H10AtF2N3O3/c1-20-10-5-4(2-3(15)11(18)19)16-17-9(5)6(12)7(13)8(10)14/h3H,2,15H2,1H3,(H,16,17)(H,18,19). The molecule has 0 bridgehead atoms. The molecule has 0 fully saturated rings. The third-order valence-electron chi connectivity index (χ3n) is 2.81. The summed E-state index contributed by atoms with van der Waals surface area (Å²) in [6.07, 6.45) is -0.0983. The Morgan fingerprint density at radius 1 is 1.55 bits per heavy atom. The number of hydrogen-bond donors (Lipinski definition) is 3. The van der Waals surface area contributed by atoms with Crippen LogP contribution in [-0.2, 0) is 11.2 Å². The molecule has 2 aromatic rings. The van der Waals surface area contributed by atoms with Gasteiger partial charge in [-0.15, -0.1) is 0 Å². The predicted octanol–water partition coefficient (Wildman–Crippen LogP) is -0.0213. The Morgan fingerprint density at radius 3 is 2.75 bits per heavy atom. The van der Waals surface area contributed by atoms with E-state index in [1.807, 2.05) is 0 Å². The molecule has 1 aromatic carbocycles. The molecule has 4 N–H and O–H groups in total. The molecule has 1 unspecified atom stereocenters. The van der Waals surface area contributed by atoms with E-state index in [1.54, 1.807) is 0 Å². The van der Waals surface area contributed by atoms with Crippen molar-refractivity contribution >= 4 is 20.1 Å². The van der Waals surface area contributed by atoms with Crippen molar-refractivity contribution in [2.45, 2.75) is 12.5 Å². The van der Waals surface area contributed by atoms with Crippen molar-refractivity contribution in [3.05, 3.63) is 17.3 Å². The third kappa shape index (κ3) is 2.36. The van der Waals surface area contributed by atoms with Gasteiger partial charge in [-0.25, -0.2) is 0 Å². The molecule has 20 heavy (non-hydrogen) atoms. The number of aromatic amines is 1. The molecule has 2 rings (SSSR count). The Kier molecular flexibility index (Phi) is 4.20. The first-order valence-electron chi connectivity index (χ1n) is 5.44. The molecule has 0 aliphatic heterocycles. The van der Waals surface area contributed by atoms with Gasteiger partial charge in [0.2, 0.25) is 0 Å². The summed E-state index contributed by atoms with van der Waals surface area (Å²) in [5, 5.41) is 15.5. The second kappa shape index (κ2) is 5.57. The van der Waals surface area contributed by atoms with Gasteiger partial charge in [-0.2, -0.15) is 0 Å². The van der Waals surface area contributed by atoms with Crippen LogP contribution in [0.2, 0.25) is 0 Å². The predicted molar refractivity (Wildman–Crippen MR) is 61.5 cm³/mol. The van der Waals surface area contributed by atoms with Crippen molar-refractivity contribution < 1.29 is 48.1 Å². The van der Waals surface area contributed by atoms with Gasteiger partial charge in [-0.05, 0) is 0 Å². The van der Waals surface area contributed by atoms with Gasteiger partial charge in [0.15, 0.2) is 0 Å². The summed E-state index contributed by atoms with van der Waals surface area (Å²) in [7, 11) is 1.20. The second-order valence-corrected chi connectivity index (χ2v) is 5.52. The van der Waals surface area contributed by atoms with Gasteiger partial charge in [-0.3, -0.25) is 0 Å². The molecule has 108 valence electrons.